The van der Waals surface area contributed by atoms with Crippen LogP contribution in [0.1, 0.15) is 27.2 Å². The summed E-state index contributed by atoms with van der Waals surface area (Å²) in [5.74, 6) is -2.04. The molecule has 0 unspecified atom stereocenters. The number of esters is 2. The molecule has 6 nitrogen and oxygen atoms in total. The van der Waals surface area contributed by atoms with Gasteiger partial charge in [0, 0.05) is 29.6 Å². The van der Waals surface area contributed by atoms with Crippen LogP contribution in [0.2, 0.25) is 0 Å². The molecule has 5 atom stereocenters. The molecule has 1 aliphatic carbocycles. The summed E-state index contributed by atoms with van der Waals surface area (Å²) >= 11 is 3.43. The molecule has 1 heterocycles. The van der Waals surface area contributed by atoms with Gasteiger partial charge in [-0.3, -0.25) is 14.4 Å². The predicted molar refractivity (Wildman–Crippen MR) is 91.3 cm³/mol. The number of carbonyl (C=O) groups is 3. The van der Waals surface area contributed by atoms with Crippen molar-refractivity contribution >= 4 is 33.8 Å². The normalized spacial score (nSPS) is 34.9. The third-order valence-corrected chi connectivity index (χ3v) is 6.06. The number of allylic oxidation sites excluding steroid dienone is 1. The van der Waals surface area contributed by atoms with Gasteiger partial charge in [-0.2, -0.15) is 0 Å². The summed E-state index contributed by atoms with van der Waals surface area (Å²) in [6, 6.07) is -0.181. The first-order valence-electron chi connectivity index (χ1n) is 8.13. The van der Waals surface area contributed by atoms with E-state index < -0.39 is 17.3 Å². The lowest BCUT2D eigenvalue weighted by molar-refractivity contribution is -0.169. The standard InChI is InChI=1S/C17H24BrNO5/c1-5-13(20)24-8-11-6-9(2)10(3)14-12(7-18)19-15(21)17(11,14)16(22)23-4/h6,10-12,14H,5,7-8H2,1-4H3,(H,19,21)/t10-,11-,12+,14+,17-/m1/s1. The Hall–Kier alpha value is -1.37. The van der Waals surface area contributed by atoms with Crippen molar-refractivity contribution in [1.29, 1.82) is 0 Å². The Morgan fingerprint density at radius 2 is 2.08 bits per heavy atom. The van der Waals surface area contributed by atoms with Crippen molar-refractivity contribution in [3.8, 4) is 0 Å². The molecule has 1 N–H and O–H groups in total. The first-order chi connectivity index (χ1) is 11.3. The SMILES string of the molecule is CCC(=O)OC[C@H]1C=C(C)[C@@H](C)[C@H]2[C@H](CBr)NC(=O)[C@]21C(=O)OC. The summed E-state index contributed by atoms with van der Waals surface area (Å²) in [4.78, 5) is 37.2. The molecule has 0 aromatic carbocycles. The summed E-state index contributed by atoms with van der Waals surface area (Å²) in [5, 5.41) is 3.47. The highest BCUT2D eigenvalue weighted by atomic mass is 79.9. The minimum absolute atomic E-state index is 0.00917. The summed E-state index contributed by atoms with van der Waals surface area (Å²) in [7, 11) is 1.29. The molecule has 1 saturated heterocycles. The average molecular weight is 402 g/mol. The molecule has 0 saturated carbocycles. The average Bonchev–Trinajstić information content (AvgIpc) is 2.89. The molecule has 2 rings (SSSR count). The van der Waals surface area contributed by atoms with Gasteiger partial charge >= 0.3 is 11.9 Å². The number of ether oxygens (including phenoxy) is 2. The maximum Gasteiger partial charge on any atom is 0.322 e. The zero-order chi connectivity index (χ0) is 18.1. The van der Waals surface area contributed by atoms with Gasteiger partial charge in [-0.15, -0.1) is 0 Å². The van der Waals surface area contributed by atoms with Crippen LogP contribution in [0.3, 0.4) is 0 Å². The van der Waals surface area contributed by atoms with Gasteiger partial charge in [0.15, 0.2) is 5.41 Å². The maximum atomic E-state index is 12.9. The summed E-state index contributed by atoms with van der Waals surface area (Å²) in [6.07, 6.45) is 2.13. The zero-order valence-corrected chi connectivity index (χ0v) is 16.0. The predicted octanol–water partition coefficient (Wildman–Crippen LogP) is 1.82. The van der Waals surface area contributed by atoms with Gasteiger partial charge in [-0.1, -0.05) is 41.4 Å². The summed E-state index contributed by atoms with van der Waals surface area (Å²) in [5.41, 5.74) is -0.278. The number of methoxy groups -OCH3 is 1. The van der Waals surface area contributed by atoms with E-state index >= 15 is 0 Å². The van der Waals surface area contributed by atoms with Gasteiger partial charge in [0.05, 0.1) is 13.7 Å². The van der Waals surface area contributed by atoms with E-state index in [0.29, 0.717) is 5.33 Å². The van der Waals surface area contributed by atoms with Crippen molar-refractivity contribution in [2.45, 2.75) is 33.2 Å². The maximum absolute atomic E-state index is 12.9. The van der Waals surface area contributed by atoms with Crippen molar-refractivity contribution in [2.75, 3.05) is 19.0 Å². The number of alkyl halides is 1. The van der Waals surface area contributed by atoms with E-state index in [4.69, 9.17) is 9.47 Å². The fourth-order valence-electron chi connectivity index (χ4n) is 4.04. The molecular weight excluding hydrogens is 378 g/mol. The van der Waals surface area contributed by atoms with Crippen LogP contribution in [0.25, 0.3) is 0 Å². The minimum Gasteiger partial charge on any atom is -0.468 e. The Balaban J connectivity index is 2.52. The molecular formula is C17H24BrNO5. The van der Waals surface area contributed by atoms with Crippen LogP contribution in [0.15, 0.2) is 11.6 Å². The van der Waals surface area contributed by atoms with E-state index in [9.17, 15) is 14.4 Å². The fraction of sp³-hybridized carbons (Fsp3) is 0.706. The molecule has 1 fully saturated rings. The second-order valence-corrected chi connectivity index (χ2v) is 7.11. The highest BCUT2D eigenvalue weighted by Crippen LogP contribution is 2.53. The minimum atomic E-state index is -1.36. The lowest BCUT2D eigenvalue weighted by Crippen LogP contribution is -2.54. The molecule has 1 amide bonds. The second-order valence-electron chi connectivity index (χ2n) is 6.46. The van der Waals surface area contributed by atoms with Crippen LogP contribution in [-0.4, -0.2) is 42.9 Å². The van der Waals surface area contributed by atoms with Crippen molar-refractivity contribution in [2.24, 2.45) is 23.2 Å². The van der Waals surface area contributed by atoms with Crippen LogP contribution in [0, 0.1) is 23.2 Å². The van der Waals surface area contributed by atoms with Crippen LogP contribution in [-0.2, 0) is 23.9 Å². The van der Waals surface area contributed by atoms with E-state index in [1.165, 1.54) is 7.11 Å². The topological polar surface area (TPSA) is 81.7 Å². The summed E-state index contributed by atoms with van der Waals surface area (Å²) in [6.45, 7) is 5.69. The Kier molecular flexibility index (Phi) is 5.73. The number of halogens is 1. The first kappa shape index (κ1) is 19.0. The number of rotatable bonds is 5. The first-order valence-corrected chi connectivity index (χ1v) is 9.25. The highest BCUT2D eigenvalue weighted by Gasteiger charge is 2.67. The third kappa shape index (κ3) is 2.76. The molecule has 0 radical (unpaired) electrons. The Labute approximate surface area is 150 Å². The number of amides is 1. The third-order valence-electron chi connectivity index (χ3n) is 5.36. The Morgan fingerprint density at radius 3 is 2.62 bits per heavy atom. The molecule has 1 aliphatic heterocycles. The van der Waals surface area contributed by atoms with E-state index in [-0.39, 0.29) is 42.8 Å². The van der Waals surface area contributed by atoms with Crippen LogP contribution < -0.4 is 5.32 Å². The van der Waals surface area contributed by atoms with Gasteiger partial charge < -0.3 is 14.8 Å². The van der Waals surface area contributed by atoms with E-state index in [1.807, 2.05) is 19.9 Å². The Morgan fingerprint density at radius 1 is 1.42 bits per heavy atom. The molecule has 0 bridgehead atoms. The fourth-order valence-corrected chi connectivity index (χ4v) is 4.60. The lowest BCUT2D eigenvalue weighted by atomic mass is 9.57. The molecule has 2 aliphatic rings. The van der Waals surface area contributed by atoms with Crippen molar-refractivity contribution < 1.29 is 23.9 Å². The van der Waals surface area contributed by atoms with E-state index in [0.717, 1.165) is 5.57 Å². The van der Waals surface area contributed by atoms with Crippen molar-refractivity contribution in [3.63, 3.8) is 0 Å². The number of hydrogen-bond donors (Lipinski definition) is 1. The highest BCUT2D eigenvalue weighted by molar-refractivity contribution is 9.09. The number of nitrogens with one attached hydrogen (secondary N) is 1. The zero-order valence-electron chi connectivity index (χ0n) is 14.4. The molecule has 24 heavy (non-hydrogen) atoms. The smallest absolute Gasteiger partial charge is 0.322 e. The van der Waals surface area contributed by atoms with Crippen molar-refractivity contribution in [1.82, 2.24) is 5.32 Å². The lowest BCUT2D eigenvalue weighted by Gasteiger charge is -2.43. The quantitative estimate of drug-likeness (QED) is 0.328. The number of hydrogen-bond acceptors (Lipinski definition) is 5. The summed E-state index contributed by atoms with van der Waals surface area (Å²) < 4.78 is 10.3. The molecule has 7 heteroatoms. The van der Waals surface area contributed by atoms with Crippen LogP contribution in [0.4, 0.5) is 0 Å². The largest absolute Gasteiger partial charge is 0.468 e. The van der Waals surface area contributed by atoms with E-state index in [1.54, 1.807) is 6.92 Å². The van der Waals surface area contributed by atoms with Gasteiger partial charge in [-0.05, 0) is 12.8 Å². The van der Waals surface area contributed by atoms with Crippen molar-refractivity contribution in [3.05, 3.63) is 11.6 Å². The van der Waals surface area contributed by atoms with Gasteiger partial charge in [0.25, 0.3) is 0 Å². The van der Waals surface area contributed by atoms with Gasteiger partial charge in [-0.25, -0.2) is 0 Å². The Bertz CT molecular complexity index is 575. The molecule has 0 spiro atoms. The van der Waals surface area contributed by atoms with E-state index in [2.05, 4.69) is 21.2 Å². The second kappa shape index (κ2) is 7.25. The molecule has 0 aromatic rings. The molecule has 0 aromatic heterocycles. The molecule has 134 valence electrons. The van der Waals surface area contributed by atoms with Crippen LogP contribution in [0.5, 0.6) is 0 Å². The number of fused-ring (bicyclic) bond motifs is 1. The monoisotopic (exact) mass is 401 g/mol. The van der Waals surface area contributed by atoms with Crippen LogP contribution >= 0.6 is 15.9 Å². The van der Waals surface area contributed by atoms with Gasteiger partial charge in [0.1, 0.15) is 0 Å². The van der Waals surface area contributed by atoms with Gasteiger partial charge in [0.2, 0.25) is 5.91 Å². The number of carbonyl (C=O) groups excluding carboxylic acids is 3.